The largest absolute Gasteiger partial charge is 0.457 e. The van der Waals surface area contributed by atoms with Crippen molar-refractivity contribution >= 4 is 0 Å². The summed E-state index contributed by atoms with van der Waals surface area (Å²) in [5.74, 6) is 1.65. The average Bonchev–Trinajstić information content (AvgIpc) is 2.45. The SMILES string of the molecule is COCc1cc(C)ccc1Oc1ccc(C)cc1COC. The van der Waals surface area contributed by atoms with Gasteiger partial charge in [-0.2, -0.15) is 0 Å². The minimum atomic E-state index is 0.530. The number of aryl methyl sites for hydroxylation is 2. The highest BCUT2D eigenvalue weighted by atomic mass is 16.5. The van der Waals surface area contributed by atoms with Crippen molar-refractivity contribution in [2.45, 2.75) is 27.1 Å². The molecule has 0 radical (unpaired) electrons. The smallest absolute Gasteiger partial charge is 0.132 e. The van der Waals surface area contributed by atoms with Crippen LogP contribution in [0.1, 0.15) is 22.3 Å². The predicted octanol–water partition coefficient (Wildman–Crippen LogP) is 4.39. The Morgan fingerprint density at radius 1 is 0.714 bits per heavy atom. The van der Waals surface area contributed by atoms with E-state index in [0.29, 0.717) is 13.2 Å². The summed E-state index contributed by atoms with van der Waals surface area (Å²) in [6.07, 6.45) is 0. The van der Waals surface area contributed by atoms with E-state index in [2.05, 4.69) is 26.0 Å². The standard InChI is InChI=1S/C18H22O3/c1-13-5-7-17(15(9-13)11-19-3)21-18-8-6-14(2)10-16(18)12-20-4/h5-10H,11-12H2,1-4H3. The molecule has 3 nitrogen and oxygen atoms in total. The van der Waals surface area contributed by atoms with Gasteiger partial charge in [0.05, 0.1) is 13.2 Å². The van der Waals surface area contributed by atoms with E-state index >= 15 is 0 Å². The van der Waals surface area contributed by atoms with Crippen molar-refractivity contribution in [2.75, 3.05) is 14.2 Å². The highest BCUT2D eigenvalue weighted by molar-refractivity contribution is 5.43. The molecule has 0 aliphatic rings. The molecule has 0 bridgehead atoms. The number of hydrogen-bond acceptors (Lipinski definition) is 3. The van der Waals surface area contributed by atoms with Crippen LogP contribution in [0.5, 0.6) is 11.5 Å². The van der Waals surface area contributed by atoms with Gasteiger partial charge < -0.3 is 14.2 Å². The zero-order chi connectivity index (χ0) is 15.2. The van der Waals surface area contributed by atoms with Crippen LogP contribution in [0, 0.1) is 13.8 Å². The minimum absolute atomic E-state index is 0.530. The van der Waals surface area contributed by atoms with Crippen LogP contribution < -0.4 is 4.74 Å². The molecule has 0 N–H and O–H groups in total. The molecule has 0 saturated heterocycles. The second kappa shape index (κ2) is 7.25. The van der Waals surface area contributed by atoms with Gasteiger partial charge in [-0.3, -0.25) is 0 Å². The number of benzene rings is 2. The summed E-state index contributed by atoms with van der Waals surface area (Å²) in [4.78, 5) is 0. The maximum absolute atomic E-state index is 6.10. The molecule has 2 aromatic carbocycles. The Kier molecular flexibility index (Phi) is 5.37. The first-order valence-electron chi connectivity index (χ1n) is 6.99. The van der Waals surface area contributed by atoms with Crippen molar-refractivity contribution in [3.05, 3.63) is 58.7 Å². The van der Waals surface area contributed by atoms with Crippen LogP contribution in [0.3, 0.4) is 0 Å². The van der Waals surface area contributed by atoms with Crippen molar-refractivity contribution in [3.8, 4) is 11.5 Å². The zero-order valence-electron chi connectivity index (χ0n) is 13.1. The van der Waals surface area contributed by atoms with Crippen LogP contribution in [0.2, 0.25) is 0 Å². The van der Waals surface area contributed by atoms with Crippen molar-refractivity contribution in [1.82, 2.24) is 0 Å². The van der Waals surface area contributed by atoms with Crippen molar-refractivity contribution in [1.29, 1.82) is 0 Å². The van der Waals surface area contributed by atoms with Crippen LogP contribution >= 0.6 is 0 Å². The Morgan fingerprint density at radius 3 is 1.52 bits per heavy atom. The molecule has 0 atom stereocenters. The molecule has 0 aliphatic carbocycles. The maximum Gasteiger partial charge on any atom is 0.132 e. The van der Waals surface area contributed by atoms with Gasteiger partial charge in [0, 0.05) is 25.3 Å². The van der Waals surface area contributed by atoms with Crippen molar-refractivity contribution in [2.24, 2.45) is 0 Å². The molecule has 0 heterocycles. The lowest BCUT2D eigenvalue weighted by atomic mass is 10.1. The van der Waals surface area contributed by atoms with E-state index in [9.17, 15) is 0 Å². The summed E-state index contributed by atoms with van der Waals surface area (Å²) < 4.78 is 16.6. The molecule has 21 heavy (non-hydrogen) atoms. The third kappa shape index (κ3) is 4.06. The van der Waals surface area contributed by atoms with Gasteiger partial charge in [0.2, 0.25) is 0 Å². The third-order valence-electron chi connectivity index (χ3n) is 3.25. The Bertz CT molecular complexity index is 552. The van der Waals surface area contributed by atoms with Crippen LogP contribution in [0.25, 0.3) is 0 Å². The van der Waals surface area contributed by atoms with Gasteiger partial charge >= 0.3 is 0 Å². The normalized spacial score (nSPS) is 10.7. The molecular weight excluding hydrogens is 264 g/mol. The quantitative estimate of drug-likeness (QED) is 0.788. The Balaban J connectivity index is 2.33. The van der Waals surface area contributed by atoms with Crippen LogP contribution in [0.15, 0.2) is 36.4 Å². The number of hydrogen-bond donors (Lipinski definition) is 0. The molecule has 0 fully saturated rings. The van der Waals surface area contributed by atoms with Gasteiger partial charge in [-0.1, -0.05) is 35.4 Å². The predicted molar refractivity (Wildman–Crippen MR) is 83.9 cm³/mol. The van der Waals surface area contributed by atoms with E-state index in [1.165, 1.54) is 11.1 Å². The molecule has 2 aromatic rings. The molecular formula is C18H22O3. The Labute approximate surface area is 126 Å². The van der Waals surface area contributed by atoms with E-state index < -0.39 is 0 Å². The lowest BCUT2D eigenvalue weighted by Gasteiger charge is -2.15. The fraction of sp³-hybridized carbons (Fsp3) is 0.333. The summed E-state index contributed by atoms with van der Waals surface area (Å²) in [6, 6.07) is 12.2. The fourth-order valence-corrected chi connectivity index (χ4v) is 2.27. The Hall–Kier alpha value is -1.84. The van der Waals surface area contributed by atoms with E-state index in [4.69, 9.17) is 14.2 Å². The zero-order valence-corrected chi connectivity index (χ0v) is 13.1. The minimum Gasteiger partial charge on any atom is -0.457 e. The molecule has 0 saturated carbocycles. The van der Waals surface area contributed by atoms with E-state index in [0.717, 1.165) is 22.6 Å². The second-order valence-electron chi connectivity index (χ2n) is 5.19. The van der Waals surface area contributed by atoms with Crippen molar-refractivity contribution in [3.63, 3.8) is 0 Å². The van der Waals surface area contributed by atoms with Gasteiger partial charge in [0.25, 0.3) is 0 Å². The summed E-state index contributed by atoms with van der Waals surface area (Å²) in [5.41, 5.74) is 4.47. The van der Waals surface area contributed by atoms with Crippen molar-refractivity contribution < 1.29 is 14.2 Å². The summed E-state index contributed by atoms with van der Waals surface area (Å²) in [6.45, 7) is 5.18. The van der Waals surface area contributed by atoms with Gasteiger partial charge in [0.15, 0.2) is 0 Å². The Morgan fingerprint density at radius 2 is 1.14 bits per heavy atom. The first-order chi connectivity index (χ1) is 10.1. The number of ether oxygens (including phenoxy) is 3. The number of methoxy groups -OCH3 is 2. The maximum atomic E-state index is 6.10. The fourth-order valence-electron chi connectivity index (χ4n) is 2.27. The highest BCUT2D eigenvalue weighted by Gasteiger charge is 2.09. The van der Waals surface area contributed by atoms with E-state index in [1.54, 1.807) is 14.2 Å². The number of rotatable bonds is 6. The summed E-state index contributed by atoms with van der Waals surface area (Å²) in [7, 11) is 3.38. The molecule has 2 rings (SSSR count). The van der Waals surface area contributed by atoms with Crippen LogP contribution in [-0.2, 0) is 22.7 Å². The molecule has 0 unspecified atom stereocenters. The highest BCUT2D eigenvalue weighted by Crippen LogP contribution is 2.30. The molecule has 0 aliphatic heterocycles. The van der Waals surface area contributed by atoms with Gasteiger partial charge in [-0.05, 0) is 26.0 Å². The van der Waals surface area contributed by atoms with E-state index in [-0.39, 0.29) is 0 Å². The summed E-state index contributed by atoms with van der Waals surface area (Å²) in [5, 5.41) is 0. The molecule has 112 valence electrons. The van der Waals surface area contributed by atoms with Crippen LogP contribution in [0.4, 0.5) is 0 Å². The average molecular weight is 286 g/mol. The first kappa shape index (κ1) is 15.5. The first-order valence-corrected chi connectivity index (χ1v) is 6.99. The molecule has 0 amide bonds. The molecule has 0 spiro atoms. The molecule has 0 aromatic heterocycles. The van der Waals surface area contributed by atoms with E-state index in [1.807, 2.05) is 24.3 Å². The third-order valence-corrected chi connectivity index (χ3v) is 3.25. The lowest BCUT2D eigenvalue weighted by molar-refractivity contribution is 0.179. The molecule has 3 heteroatoms. The lowest BCUT2D eigenvalue weighted by Crippen LogP contribution is -1.98. The topological polar surface area (TPSA) is 27.7 Å². The van der Waals surface area contributed by atoms with Gasteiger partial charge in [-0.15, -0.1) is 0 Å². The van der Waals surface area contributed by atoms with Gasteiger partial charge in [0.1, 0.15) is 11.5 Å². The monoisotopic (exact) mass is 286 g/mol. The second-order valence-corrected chi connectivity index (χ2v) is 5.19. The van der Waals surface area contributed by atoms with Crippen LogP contribution in [-0.4, -0.2) is 14.2 Å². The van der Waals surface area contributed by atoms with Gasteiger partial charge in [-0.25, -0.2) is 0 Å². The summed E-state index contributed by atoms with van der Waals surface area (Å²) >= 11 is 0.